The first kappa shape index (κ1) is 25.9. The number of rotatable bonds is 6. The molecular weight excluding hydrogens is 529 g/mol. The summed E-state index contributed by atoms with van der Waals surface area (Å²) in [6.07, 6.45) is -0.691. The van der Waals surface area contributed by atoms with Crippen LogP contribution in [0.3, 0.4) is 0 Å². The van der Waals surface area contributed by atoms with Crippen LogP contribution in [0.5, 0.6) is 11.8 Å². The summed E-state index contributed by atoms with van der Waals surface area (Å²) in [6, 6.07) is 12.7. The highest BCUT2D eigenvalue weighted by molar-refractivity contribution is 6.35. The molecule has 0 spiro atoms. The van der Waals surface area contributed by atoms with Crippen LogP contribution in [-0.2, 0) is 4.79 Å². The highest BCUT2D eigenvalue weighted by Gasteiger charge is 2.33. The lowest BCUT2D eigenvalue weighted by Gasteiger charge is -2.39. The van der Waals surface area contributed by atoms with Crippen molar-refractivity contribution < 1.29 is 28.9 Å². The molecule has 2 N–H and O–H groups in total. The molecule has 0 saturated carbocycles. The predicted molar refractivity (Wildman–Crippen MR) is 142 cm³/mol. The molecule has 5 rings (SSSR count). The molecule has 1 aliphatic rings. The molecule has 1 saturated heterocycles. The Kier molecular flexibility index (Phi) is 7.04. The van der Waals surface area contributed by atoms with Gasteiger partial charge in [-0.25, -0.2) is 9.18 Å². The molecule has 39 heavy (non-hydrogen) atoms. The Morgan fingerprint density at radius 2 is 2.03 bits per heavy atom. The van der Waals surface area contributed by atoms with Gasteiger partial charge in [0.05, 0.1) is 23.6 Å². The van der Waals surface area contributed by atoms with Gasteiger partial charge in [0.2, 0.25) is 0 Å². The van der Waals surface area contributed by atoms with Crippen molar-refractivity contribution in [2.24, 2.45) is 0 Å². The number of ether oxygens (including phenoxy) is 1. The van der Waals surface area contributed by atoms with Gasteiger partial charge >= 0.3 is 12.1 Å². The minimum absolute atomic E-state index is 0.0142. The third-order valence-corrected chi connectivity index (χ3v) is 6.89. The third kappa shape index (κ3) is 4.82. The molecule has 1 atom stereocenters. The second-order valence-corrected chi connectivity index (χ2v) is 9.31. The Morgan fingerprint density at radius 1 is 1.23 bits per heavy atom. The molecule has 1 amide bonds. The molecule has 1 fully saturated rings. The molecule has 0 radical (unpaired) electrons. The van der Waals surface area contributed by atoms with Crippen molar-refractivity contribution in [3.05, 3.63) is 53.3 Å². The van der Waals surface area contributed by atoms with E-state index in [-0.39, 0.29) is 71.7 Å². The van der Waals surface area contributed by atoms with Crippen LogP contribution in [-0.4, -0.2) is 69.7 Å². The first-order valence-corrected chi connectivity index (χ1v) is 12.3. The SMILES string of the molecule is N#CCC1CN(c2nc(OCC=O)nc3c(F)c(-c4cc(O)cc5ccccc45)c(Cl)cc23)CCN1C(=O)O. The molecule has 2 heterocycles. The fourth-order valence-corrected chi connectivity index (χ4v) is 5.20. The second-order valence-electron chi connectivity index (χ2n) is 8.90. The summed E-state index contributed by atoms with van der Waals surface area (Å²) in [6.45, 7) is 0.0261. The summed E-state index contributed by atoms with van der Waals surface area (Å²) >= 11 is 6.67. The van der Waals surface area contributed by atoms with Crippen molar-refractivity contribution >= 4 is 51.5 Å². The number of anilines is 1. The van der Waals surface area contributed by atoms with Gasteiger partial charge in [0.15, 0.2) is 12.1 Å². The van der Waals surface area contributed by atoms with E-state index in [2.05, 4.69) is 9.97 Å². The van der Waals surface area contributed by atoms with Crippen LogP contribution in [0.15, 0.2) is 42.5 Å². The number of phenols is 1. The average Bonchev–Trinajstić information content (AvgIpc) is 2.91. The summed E-state index contributed by atoms with van der Waals surface area (Å²) in [5, 5.41) is 30.7. The van der Waals surface area contributed by atoms with Crippen LogP contribution in [0.1, 0.15) is 6.42 Å². The largest absolute Gasteiger partial charge is 0.508 e. The van der Waals surface area contributed by atoms with Gasteiger partial charge in [-0.3, -0.25) is 4.79 Å². The number of aromatic nitrogens is 2. The molecule has 1 aromatic heterocycles. The van der Waals surface area contributed by atoms with Crippen molar-refractivity contribution in [1.29, 1.82) is 5.26 Å². The van der Waals surface area contributed by atoms with Crippen molar-refractivity contribution in [1.82, 2.24) is 14.9 Å². The number of halogens is 2. The van der Waals surface area contributed by atoms with E-state index in [1.165, 1.54) is 17.0 Å². The van der Waals surface area contributed by atoms with E-state index in [1.807, 2.05) is 6.07 Å². The fraction of sp³-hybridized carbons (Fsp3) is 0.222. The standard InChI is InChI=1S/C27H21ClFN5O5/c28-21-13-20-24(23(29)22(21)19-12-17(36)11-15-3-1-2-4-18(15)19)31-26(39-10-9-35)32-25(20)33-7-8-34(27(37)38)16(14-33)5-6-30/h1-4,9,11-13,16,36H,5,7-8,10,14H2,(H,37,38). The third-order valence-electron chi connectivity index (χ3n) is 6.59. The zero-order valence-corrected chi connectivity index (χ0v) is 21.1. The minimum atomic E-state index is -1.14. The van der Waals surface area contributed by atoms with Crippen LogP contribution in [0.4, 0.5) is 15.0 Å². The van der Waals surface area contributed by atoms with Crippen LogP contribution in [0.25, 0.3) is 32.8 Å². The molecule has 0 bridgehead atoms. The van der Waals surface area contributed by atoms with E-state index < -0.39 is 18.0 Å². The topological polar surface area (TPSA) is 140 Å². The molecule has 12 heteroatoms. The number of amides is 1. The summed E-state index contributed by atoms with van der Waals surface area (Å²) < 4.78 is 21.7. The van der Waals surface area contributed by atoms with Crippen molar-refractivity contribution in [2.75, 3.05) is 31.1 Å². The molecule has 1 unspecified atom stereocenters. The van der Waals surface area contributed by atoms with E-state index in [1.54, 1.807) is 35.2 Å². The van der Waals surface area contributed by atoms with Gasteiger partial charge < -0.3 is 24.7 Å². The molecule has 10 nitrogen and oxygen atoms in total. The second kappa shape index (κ2) is 10.6. The van der Waals surface area contributed by atoms with E-state index in [4.69, 9.17) is 16.3 Å². The Morgan fingerprint density at radius 3 is 2.77 bits per heavy atom. The first-order chi connectivity index (χ1) is 18.8. The van der Waals surface area contributed by atoms with Gasteiger partial charge in [-0.15, -0.1) is 0 Å². The maximum Gasteiger partial charge on any atom is 0.407 e. The number of piperazine rings is 1. The Bertz CT molecular complexity index is 1660. The molecule has 4 aromatic rings. The summed E-state index contributed by atoms with van der Waals surface area (Å²) in [5.41, 5.74) is 0.236. The fourth-order valence-electron chi connectivity index (χ4n) is 4.90. The number of aldehydes is 1. The Balaban J connectivity index is 1.71. The zero-order chi connectivity index (χ0) is 27.7. The maximum absolute atomic E-state index is 16.4. The summed E-state index contributed by atoms with van der Waals surface area (Å²) in [4.78, 5) is 34.2. The number of phenolic OH excluding ortho intramolecular Hbond substituents is 1. The first-order valence-electron chi connectivity index (χ1n) is 11.9. The number of carbonyl (C=O) groups is 2. The number of nitriles is 1. The number of hydrogen-bond acceptors (Lipinski definition) is 8. The Hall–Kier alpha value is -4.69. The average molecular weight is 550 g/mol. The summed E-state index contributed by atoms with van der Waals surface area (Å²) in [5.74, 6) is -0.634. The van der Waals surface area contributed by atoms with Crippen LogP contribution in [0.2, 0.25) is 5.02 Å². The lowest BCUT2D eigenvalue weighted by atomic mass is 9.96. The lowest BCUT2D eigenvalue weighted by Crippen LogP contribution is -2.55. The smallest absolute Gasteiger partial charge is 0.407 e. The van der Waals surface area contributed by atoms with Crippen LogP contribution in [0, 0.1) is 17.1 Å². The quantitative estimate of drug-likeness (QED) is 0.330. The number of benzene rings is 3. The van der Waals surface area contributed by atoms with Crippen molar-refractivity contribution in [3.8, 4) is 29.0 Å². The lowest BCUT2D eigenvalue weighted by molar-refractivity contribution is -0.109. The van der Waals surface area contributed by atoms with Gasteiger partial charge in [-0.1, -0.05) is 35.9 Å². The monoisotopic (exact) mass is 549 g/mol. The molecular formula is C27H21ClFN5O5. The van der Waals surface area contributed by atoms with E-state index in [9.17, 15) is 25.1 Å². The summed E-state index contributed by atoms with van der Waals surface area (Å²) in [7, 11) is 0. The van der Waals surface area contributed by atoms with Crippen LogP contribution >= 0.6 is 11.6 Å². The van der Waals surface area contributed by atoms with E-state index in [0.717, 1.165) is 0 Å². The molecule has 1 aliphatic heterocycles. The van der Waals surface area contributed by atoms with E-state index >= 15 is 4.39 Å². The number of hydrogen-bond donors (Lipinski definition) is 2. The predicted octanol–water partition coefficient (Wildman–Crippen LogP) is 4.61. The van der Waals surface area contributed by atoms with Gasteiger partial charge in [-0.05, 0) is 34.5 Å². The minimum Gasteiger partial charge on any atom is -0.508 e. The van der Waals surface area contributed by atoms with Crippen LogP contribution < -0.4 is 9.64 Å². The van der Waals surface area contributed by atoms with Crippen molar-refractivity contribution in [3.63, 3.8) is 0 Å². The van der Waals surface area contributed by atoms with Crippen molar-refractivity contribution in [2.45, 2.75) is 12.5 Å². The number of fused-ring (bicyclic) bond motifs is 2. The number of aromatic hydroxyl groups is 1. The number of nitrogens with zero attached hydrogens (tertiary/aromatic N) is 5. The van der Waals surface area contributed by atoms with Gasteiger partial charge in [-0.2, -0.15) is 15.2 Å². The maximum atomic E-state index is 16.4. The number of carbonyl (C=O) groups excluding carboxylic acids is 1. The number of carboxylic acid groups (broad SMARTS) is 1. The highest BCUT2D eigenvalue weighted by Crippen LogP contribution is 2.42. The highest BCUT2D eigenvalue weighted by atomic mass is 35.5. The van der Waals surface area contributed by atoms with Gasteiger partial charge in [0.1, 0.15) is 23.7 Å². The van der Waals surface area contributed by atoms with Gasteiger partial charge in [0.25, 0.3) is 0 Å². The molecule has 0 aliphatic carbocycles. The van der Waals surface area contributed by atoms with E-state index in [0.29, 0.717) is 22.6 Å². The van der Waals surface area contributed by atoms with Gasteiger partial charge in [0, 0.05) is 30.6 Å². The molecule has 198 valence electrons. The normalized spacial score (nSPS) is 15.4. The molecule has 3 aromatic carbocycles. The zero-order valence-electron chi connectivity index (χ0n) is 20.3. The Labute approximate surface area is 226 Å².